The minimum absolute atomic E-state index is 0.387. The molecule has 0 bridgehead atoms. The van der Waals surface area contributed by atoms with Gasteiger partial charge in [0.25, 0.3) is 0 Å². The second-order valence-corrected chi connectivity index (χ2v) is 5.94. The van der Waals surface area contributed by atoms with Crippen LogP contribution in [0.3, 0.4) is 0 Å². The zero-order valence-electron chi connectivity index (χ0n) is 12.3. The van der Waals surface area contributed by atoms with E-state index in [0.717, 1.165) is 13.1 Å². The maximum atomic E-state index is 5.86. The maximum Gasteiger partial charge on any atom is 0.0594 e. The van der Waals surface area contributed by atoms with Gasteiger partial charge in [-0.25, -0.2) is 0 Å². The van der Waals surface area contributed by atoms with Crippen molar-refractivity contribution < 1.29 is 4.74 Å². The van der Waals surface area contributed by atoms with E-state index in [9.17, 15) is 0 Å². The second-order valence-electron chi connectivity index (χ2n) is 5.94. The number of hydrogen-bond donors (Lipinski definition) is 2. The molecule has 0 saturated carbocycles. The van der Waals surface area contributed by atoms with Crippen LogP contribution in [0, 0.1) is 11.8 Å². The first-order valence-electron chi connectivity index (χ1n) is 7.04. The Labute approximate surface area is 107 Å². The highest BCUT2D eigenvalue weighted by Crippen LogP contribution is 2.31. The topological polar surface area (TPSA) is 33.3 Å². The average Bonchev–Trinajstić information content (AvgIpc) is 2.48. The first kappa shape index (κ1) is 14.9. The minimum atomic E-state index is 0.387. The van der Waals surface area contributed by atoms with Crippen molar-refractivity contribution >= 4 is 0 Å². The van der Waals surface area contributed by atoms with E-state index in [2.05, 4.69) is 52.2 Å². The third kappa shape index (κ3) is 4.57. The van der Waals surface area contributed by atoms with Crippen molar-refractivity contribution in [2.75, 3.05) is 13.1 Å². The van der Waals surface area contributed by atoms with Gasteiger partial charge in [-0.1, -0.05) is 20.8 Å². The molecule has 3 heteroatoms. The molecule has 0 amide bonds. The fourth-order valence-electron chi connectivity index (χ4n) is 2.51. The summed E-state index contributed by atoms with van der Waals surface area (Å²) in [5, 5.41) is 7.08. The van der Waals surface area contributed by atoms with Crippen LogP contribution in [0.1, 0.15) is 41.5 Å². The Morgan fingerprint density at radius 3 is 2.12 bits per heavy atom. The zero-order chi connectivity index (χ0) is 13.0. The van der Waals surface area contributed by atoms with Gasteiger partial charge in [0.2, 0.25) is 0 Å². The third-order valence-electron chi connectivity index (χ3n) is 3.98. The molecule has 3 nitrogen and oxygen atoms in total. The number of rotatable bonds is 6. The van der Waals surface area contributed by atoms with Gasteiger partial charge in [-0.2, -0.15) is 0 Å². The Morgan fingerprint density at radius 2 is 1.65 bits per heavy atom. The molecule has 5 atom stereocenters. The molecule has 1 saturated heterocycles. The van der Waals surface area contributed by atoms with E-state index in [1.54, 1.807) is 0 Å². The minimum Gasteiger partial charge on any atom is -0.375 e. The van der Waals surface area contributed by atoms with Crippen LogP contribution in [0.2, 0.25) is 0 Å². The van der Waals surface area contributed by atoms with Crippen LogP contribution >= 0.6 is 0 Å². The SMILES string of the molecule is CC(C)NCC(C)NCC1C(C)OC(C)C1C. The van der Waals surface area contributed by atoms with Gasteiger partial charge in [0.05, 0.1) is 12.2 Å². The number of nitrogens with one attached hydrogen (secondary N) is 2. The normalized spacial score (nSPS) is 35.5. The molecule has 0 aromatic rings. The summed E-state index contributed by atoms with van der Waals surface area (Å²) < 4.78 is 5.86. The van der Waals surface area contributed by atoms with Crippen LogP contribution in [-0.4, -0.2) is 37.4 Å². The van der Waals surface area contributed by atoms with E-state index >= 15 is 0 Å². The van der Waals surface area contributed by atoms with Gasteiger partial charge in [0.15, 0.2) is 0 Å². The second kappa shape index (κ2) is 6.72. The molecule has 0 spiro atoms. The van der Waals surface area contributed by atoms with Gasteiger partial charge in [-0.15, -0.1) is 0 Å². The smallest absolute Gasteiger partial charge is 0.0594 e. The molecule has 1 rings (SSSR count). The van der Waals surface area contributed by atoms with Crippen LogP contribution < -0.4 is 10.6 Å². The Balaban J connectivity index is 2.25. The molecule has 2 N–H and O–H groups in total. The molecule has 0 radical (unpaired) electrons. The van der Waals surface area contributed by atoms with Gasteiger partial charge in [-0.05, 0) is 26.7 Å². The quantitative estimate of drug-likeness (QED) is 0.747. The van der Waals surface area contributed by atoms with E-state index in [1.807, 2.05) is 0 Å². The standard InChI is InChI=1S/C14H30N2O/c1-9(2)15-7-10(3)16-8-14-11(4)12(5)17-13(14)6/h9-16H,7-8H2,1-6H3. The summed E-state index contributed by atoms with van der Waals surface area (Å²) in [6.45, 7) is 15.4. The molecule has 0 aromatic carbocycles. The Bertz CT molecular complexity index is 220. The van der Waals surface area contributed by atoms with Crippen LogP contribution in [0.15, 0.2) is 0 Å². The van der Waals surface area contributed by atoms with Gasteiger partial charge in [-0.3, -0.25) is 0 Å². The van der Waals surface area contributed by atoms with Crippen molar-refractivity contribution in [3.63, 3.8) is 0 Å². The molecule has 1 aliphatic heterocycles. The molecule has 0 aliphatic carbocycles. The maximum absolute atomic E-state index is 5.86. The van der Waals surface area contributed by atoms with E-state index in [0.29, 0.717) is 36.1 Å². The van der Waals surface area contributed by atoms with Crippen molar-refractivity contribution in [3.05, 3.63) is 0 Å². The van der Waals surface area contributed by atoms with Gasteiger partial charge >= 0.3 is 0 Å². The Kier molecular flexibility index (Phi) is 5.90. The van der Waals surface area contributed by atoms with E-state index in [4.69, 9.17) is 4.74 Å². The number of hydrogen-bond acceptors (Lipinski definition) is 3. The van der Waals surface area contributed by atoms with Crippen LogP contribution in [-0.2, 0) is 4.74 Å². The summed E-state index contributed by atoms with van der Waals surface area (Å²) in [6, 6.07) is 1.08. The molecule has 17 heavy (non-hydrogen) atoms. The average molecular weight is 242 g/mol. The lowest BCUT2D eigenvalue weighted by Crippen LogP contribution is -2.42. The Morgan fingerprint density at radius 1 is 1.00 bits per heavy atom. The number of ether oxygens (including phenoxy) is 1. The van der Waals surface area contributed by atoms with E-state index < -0.39 is 0 Å². The molecule has 0 aromatic heterocycles. The van der Waals surface area contributed by atoms with Crippen LogP contribution in [0.5, 0.6) is 0 Å². The zero-order valence-corrected chi connectivity index (χ0v) is 12.3. The first-order chi connectivity index (χ1) is 7.91. The van der Waals surface area contributed by atoms with Crippen LogP contribution in [0.4, 0.5) is 0 Å². The predicted octanol–water partition coefficient (Wildman–Crippen LogP) is 2.02. The van der Waals surface area contributed by atoms with Gasteiger partial charge in [0, 0.05) is 31.1 Å². The highest BCUT2D eigenvalue weighted by atomic mass is 16.5. The molecule has 102 valence electrons. The Hall–Kier alpha value is -0.120. The molecular weight excluding hydrogens is 212 g/mol. The van der Waals surface area contributed by atoms with Crippen molar-refractivity contribution in [2.45, 2.75) is 65.8 Å². The summed E-state index contributed by atoms with van der Waals surface area (Å²) in [4.78, 5) is 0. The lowest BCUT2D eigenvalue weighted by Gasteiger charge is -2.23. The highest BCUT2D eigenvalue weighted by molar-refractivity contribution is 4.85. The van der Waals surface area contributed by atoms with Gasteiger partial charge in [0.1, 0.15) is 0 Å². The van der Waals surface area contributed by atoms with Crippen molar-refractivity contribution in [2.24, 2.45) is 11.8 Å². The van der Waals surface area contributed by atoms with Crippen molar-refractivity contribution in [1.29, 1.82) is 0 Å². The monoisotopic (exact) mass is 242 g/mol. The third-order valence-corrected chi connectivity index (χ3v) is 3.98. The summed E-state index contributed by atoms with van der Waals surface area (Å²) >= 11 is 0. The molecule has 1 aliphatic rings. The van der Waals surface area contributed by atoms with E-state index in [-0.39, 0.29) is 0 Å². The highest BCUT2D eigenvalue weighted by Gasteiger charge is 2.36. The largest absolute Gasteiger partial charge is 0.375 e. The summed E-state index contributed by atoms with van der Waals surface area (Å²) in [5.41, 5.74) is 0. The fourth-order valence-corrected chi connectivity index (χ4v) is 2.51. The fraction of sp³-hybridized carbons (Fsp3) is 1.00. The predicted molar refractivity (Wildman–Crippen MR) is 73.3 cm³/mol. The summed E-state index contributed by atoms with van der Waals surface area (Å²) in [6.07, 6.45) is 0.790. The lowest BCUT2D eigenvalue weighted by atomic mass is 9.89. The van der Waals surface area contributed by atoms with Crippen molar-refractivity contribution in [1.82, 2.24) is 10.6 Å². The summed E-state index contributed by atoms with van der Waals surface area (Å²) in [7, 11) is 0. The van der Waals surface area contributed by atoms with Gasteiger partial charge < -0.3 is 15.4 Å². The summed E-state index contributed by atoms with van der Waals surface area (Å²) in [5.74, 6) is 1.30. The molecule has 1 fully saturated rings. The molecular formula is C14H30N2O. The first-order valence-corrected chi connectivity index (χ1v) is 7.04. The molecule has 1 heterocycles. The lowest BCUT2D eigenvalue weighted by molar-refractivity contribution is 0.0510. The van der Waals surface area contributed by atoms with Crippen molar-refractivity contribution in [3.8, 4) is 0 Å². The van der Waals surface area contributed by atoms with E-state index in [1.165, 1.54) is 0 Å². The molecule has 5 unspecified atom stereocenters. The van der Waals surface area contributed by atoms with Crippen LogP contribution in [0.25, 0.3) is 0 Å².